The molecule has 0 aliphatic carbocycles. The SMILES string of the molecule is O=C(O[C@@H]1CCOC1=O)c1ccccc1OCc1ccc(F)cc1. The first-order chi connectivity index (χ1) is 11.6. The minimum atomic E-state index is -0.873. The molecule has 0 spiro atoms. The van der Waals surface area contributed by atoms with Gasteiger partial charge in [0.2, 0.25) is 6.10 Å². The Balaban J connectivity index is 1.69. The summed E-state index contributed by atoms with van der Waals surface area (Å²) in [6, 6.07) is 12.5. The third-order valence-electron chi connectivity index (χ3n) is 3.55. The third-order valence-corrected chi connectivity index (χ3v) is 3.55. The Kier molecular flexibility index (Phi) is 4.74. The molecule has 0 amide bonds. The van der Waals surface area contributed by atoms with E-state index in [0.29, 0.717) is 12.2 Å². The van der Waals surface area contributed by atoms with Gasteiger partial charge in [0.25, 0.3) is 0 Å². The van der Waals surface area contributed by atoms with E-state index in [1.807, 2.05) is 0 Å². The molecular formula is C18H15FO5. The summed E-state index contributed by atoms with van der Waals surface area (Å²) in [7, 11) is 0. The topological polar surface area (TPSA) is 61.8 Å². The van der Waals surface area contributed by atoms with Gasteiger partial charge < -0.3 is 14.2 Å². The highest BCUT2D eigenvalue weighted by molar-refractivity contribution is 5.94. The lowest BCUT2D eigenvalue weighted by atomic mass is 10.2. The van der Waals surface area contributed by atoms with Crippen molar-refractivity contribution < 1.29 is 28.2 Å². The van der Waals surface area contributed by atoms with Crippen LogP contribution in [0.25, 0.3) is 0 Å². The van der Waals surface area contributed by atoms with Crippen molar-refractivity contribution in [2.24, 2.45) is 0 Å². The van der Waals surface area contributed by atoms with E-state index in [-0.39, 0.29) is 24.6 Å². The first kappa shape index (κ1) is 16.0. The van der Waals surface area contributed by atoms with Gasteiger partial charge in [-0.2, -0.15) is 0 Å². The third kappa shape index (κ3) is 3.71. The van der Waals surface area contributed by atoms with Gasteiger partial charge >= 0.3 is 11.9 Å². The normalized spacial score (nSPS) is 16.5. The number of carbonyl (C=O) groups is 2. The van der Waals surface area contributed by atoms with Crippen LogP contribution < -0.4 is 4.74 Å². The lowest BCUT2D eigenvalue weighted by molar-refractivity contribution is -0.145. The Morgan fingerprint density at radius 3 is 2.62 bits per heavy atom. The van der Waals surface area contributed by atoms with E-state index in [1.54, 1.807) is 36.4 Å². The summed E-state index contributed by atoms with van der Waals surface area (Å²) in [5.41, 5.74) is 0.984. The molecule has 124 valence electrons. The van der Waals surface area contributed by atoms with Crippen molar-refractivity contribution in [2.45, 2.75) is 19.1 Å². The first-order valence-corrected chi connectivity index (χ1v) is 7.47. The van der Waals surface area contributed by atoms with Crippen LogP contribution in [0.3, 0.4) is 0 Å². The fourth-order valence-corrected chi connectivity index (χ4v) is 2.28. The van der Waals surface area contributed by atoms with E-state index in [2.05, 4.69) is 0 Å². The van der Waals surface area contributed by atoms with Crippen LogP contribution in [0.4, 0.5) is 4.39 Å². The van der Waals surface area contributed by atoms with Crippen molar-refractivity contribution in [3.05, 3.63) is 65.5 Å². The van der Waals surface area contributed by atoms with Crippen molar-refractivity contribution in [1.29, 1.82) is 0 Å². The lowest BCUT2D eigenvalue weighted by Gasteiger charge is -2.13. The molecule has 1 heterocycles. The molecule has 3 rings (SSSR count). The maximum Gasteiger partial charge on any atom is 0.347 e. The number of benzene rings is 2. The molecule has 0 unspecified atom stereocenters. The molecule has 0 bridgehead atoms. The Bertz CT molecular complexity index is 741. The molecule has 6 heteroatoms. The van der Waals surface area contributed by atoms with Crippen LogP contribution in [0.2, 0.25) is 0 Å². The summed E-state index contributed by atoms with van der Waals surface area (Å²) in [5.74, 6) is -1.18. The summed E-state index contributed by atoms with van der Waals surface area (Å²) in [6.07, 6.45) is -0.522. The number of halogens is 1. The second-order valence-corrected chi connectivity index (χ2v) is 5.26. The van der Waals surface area contributed by atoms with Crippen molar-refractivity contribution in [2.75, 3.05) is 6.61 Å². The summed E-state index contributed by atoms with van der Waals surface area (Å²) < 4.78 is 28.5. The van der Waals surface area contributed by atoms with Crippen LogP contribution in [0.1, 0.15) is 22.3 Å². The van der Waals surface area contributed by atoms with E-state index < -0.39 is 18.0 Å². The second-order valence-electron chi connectivity index (χ2n) is 5.26. The van der Waals surface area contributed by atoms with Gasteiger partial charge in [0.15, 0.2) is 0 Å². The van der Waals surface area contributed by atoms with Crippen molar-refractivity contribution >= 4 is 11.9 Å². The summed E-state index contributed by atoms with van der Waals surface area (Å²) in [5, 5.41) is 0. The highest BCUT2D eigenvalue weighted by atomic mass is 19.1. The highest BCUT2D eigenvalue weighted by Crippen LogP contribution is 2.22. The number of cyclic esters (lactones) is 1. The second kappa shape index (κ2) is 7.12. The van der Waals surface area contributed by atoms with Gasteiger partial charge in [0.1, 0.15) is 23.7 Å². The molecule has 1 saturated heterocycles. The average Bonchev–Trinajstić information content (AvgIpc) is 2.99. The number of para-hydroxylation sites is 1. The molecule has 24 heavy (non-hydrogen) atoms. The van der Waals surface area contributed by atoms with E-state index in [4.69, 9.17) is 14.2 Å². The average molecular weight is 330 g/mol. The van der Waals surface area contributed by atoms with Crippen molar-refractivity contribution in [3.8, 4) is 5.75 Å². The van der Waals surface area contributed by atoms with Gasteiger partial charge in [0.05, 0.1) is 6.61 Å². The van der Waals surface area contributed by atoms with Gasteiger partial charge in [-0.15, -0.1) is 0 Å². The number of hydrogen-bond acceptors (Lipinski definition) is 5. The molecule has 0 N–H and O–H groups in total. The van der Waals surface area contributed by atoms with Crippen molar-refractivity contribution in [1.82, 2.24) is 0 Å². The predicted molar refractivity (Wildman–Crippen MR) is 82.0 cm³/mol. The Hall–Kier alpha value is -2.89. The zero-order valence-electron chi connectivity index (χ0n) is 12.7. The van der Waals surface area contributed by atoms with Crippen molar-refractivity contribution in [3.63, 3.8) is 0 Å². The van der Waals surface area contributed by atoms with Crippen LogP contribution in [-0.2, 0) is 20.9 Å². The minimum Gasteiger partial charge on any atom is -0.488 e. The quantitative estimate of drug-likeness (QED) is 0.789. The number of esters is 2. The number of rotatable bonds is 5. The predicted octanol–water partition coefficient (Wildman–Crippen LogP) is 2.88. The van der Waals surface area contributed by atoms with Gasteiger partial charge in [0, 0.05) is 6.42 Å². The largest absolute Gasteiger partial charge is 0.488 e. The fraction of sp³-hybridized carbons (Fsp3) is 0.222. The molecule has 1 aliphatic rings. The fourth-order valence-electron chi connectivity index (χ4n) is 2.28. The Labute approximate surface area is 138 Å². The van der Waals surface area contributed by atoms with Crippen LogP contribution in [0.15, 0.2) is 48.5 Å². The molecule has 2 aromatic carbocycles. The van der Waals surface area contributed by atoms with Crippen LogP contribution >= 0.6 is 0 Å². The molecule has 1 aliphatic heterocycles. The zero-order chi connectivity index (χ0) is 16.9. The number of ether oxygens (including phenoxy) is 3. The first-order valence-electron chi connectivity index (χ1n) is 7.47. The number of carbonyl (C=O) groups excluding carboxylic acids is 2. The molecule has 2 aromatic rings. The summed E-state index contributed by atoms with van der Waals surface area (Å²) in [4.78, 5) is 23.7. The maximum atomic E-state index is 12.9. The molecule has 0 radical (unpaired) electrons. The van der Waals surface area contributed by atoms with Gasteiger partial charge in [-0.25, -0.2) is 14.0 Å². The molecule has 0 aromatic heterocycles. The van der Waals surface area contributed by atoms with E-state index >= 15 is 0 Å². The number of hydrogen-bond donors (Lipinski definition) is 0. The minimum absolute atomic E-state index is 0.177. The standard InChI is InChI=1S/C18H15FO5/c19-13-7-5-12(6-8-13)11-23-15-4-2-1-3-14(15)17(20)24-16-9-10-22-18(16)21/h1-8,16H,9-11H2/t16-/m1/s1. The Morgan fingerprint density at radius 1 is 1.17 bits per heavy atom. The highest BCUT2D eigenvalue weighted by Gasteiger charge is 2.31. The molecule has 1 fully saturated rings. The van der Waals surface area contributed by atoms with E-state index in [1.165, 1.54) is 12.1 Å². The van der Waals surface area contributed by atoms with Crippen LogP contribution in [0, 0.1) is 5.82 Å². The maximum absolute atomic E-state index is 12.9. The molecule has 1 atom stereocenters. The monoisotopic (exact) mass is 330 g/mol. The van der Waals surface area contributed by atoms with E-state index in [0.717, 1.165) is 5.56 Å². The molecule has 5 nitrogen and oxygen atoms in total. The summed E-state index contributed by atoms with van der Waals surface area (Å²) in [6.45, 7) is 0.426. The van der Waals surface area contributed by atoms with E-state index in [9.17, 15) is 14.0 Å². The van der Waals surface area contributed by atoms with Gasteiger partial charge in [-0.05, 0) is 29.8 Å². The molecular weight excluding hydrogens is 315 g/mol. The lowest BCUT2D eigenvalue weighted by Crippen LogP contribution is -2.23. The molecule has 0 saturated carbocycles. The van der Waals surface area contributed by atoms with Gasteiger partial charge in [-0.1, -0.05) is 24.3 Å². The van der Waals surface area contributed by atoms with Crippen LogP contribution in [-0.4, -0.2) is 24.6 Å². The zero-order valence-corrected chi connectivity index (χ0v) is 12.7. The van der Waals surface area contributed by atoms with Crippen LogP contribution in [0.5, 0.6) is 5.75 Å². The summed E-state index contributed by atoms with van der Waals surface area (Å²) >= 11 is 0. The smallest absolute Gasteiger partial charge is 0.347 e. The Morgan fingerprint density at radius 2 is 1.92 bits per heavy atom. The van der Waals surface area contributed by atoms with Gasteiger partial charge in [-0.3, -0.25) is 0 Å².